The Bertz CT molecular complexity index is 192. The number of hydrogen-bond donors (Lipinski definition) is 0. The Morgan fingerprint density at radius 2 is 1.67 bits per heavy atom. The molecule has 15 heavy (non-hydrogen) atoms. The lowest BCUT2D eigenvalue weighted by molar-refractivity contribution is 0.262. The second-order valence-corrected chi connectivity index (χ2v) is 6.83. The summed E-state index contributed by atoms with van der Waals surface area (Å²) in [5, 5.41) is 0. The van der Waals surface area contributed by atoms with E-state index in [1.165, 1.54) is 25.7 Å². The summed E-state index contributed by atoms with van der Waals surface area (Å²) in [7, 11) is 0. The molecule has 0 radical (unpaired) electrons. The summed E-state index contributed by atoms with van der Waals surface area (Å²) in [5.74, 6) is 3.64. The number of rotatable bonds is 6. The topological polar surface area (TPSA) is 0 Å². The van der Waals surface area contributed by atoms with Crippen LogP contribution in [-0.2, 0) is 0 Å². The van der Waals surface area contributed by atoms with E-state index in [4.69, 9.17) is 0 Å². The lowest BCUT2D eigenvalue weighted by Gasteiger charge is -2.24. The molecule has 3 atom stereocenters. The Kier molecular flexibility index (Phi) is 4.26. The van der Waals surface area contributed by atoms with Gasteiger partial charge in [0, 0.05) is 0 Å². The Labute approximate surface area is 96.8 Å². The van der Waals surface area contributed by atoms with Gasteiger partial charge in [0.15, 0.2) is 0 Å². The van der Waals surface area contributed by atoms with Crippen LogP contribution >= 0.6 is 0 Å². The highest BCUT2D eigenvalue weighted by Gasteiger charge is 2.50. The van der Waals surface area contributed by atoms with Gasteiger partial charge in [-0.05, 0) is 48.3 Å². The van der Waals surface area contributed by atoms with Crippen molar-refractivity contribution in [1.29, 1.82) is 0 Å². The Hall–Kier alpha value is 0. The van der Waals surface area contributed by atoms with Crippen molar-refractivity contribution in [3.63, 3.8) is 0 Å². The van der Waals surface area contributed by atoms with Crippen LogP contribution in [0.1, 0.15) is 67.2 Å². The van der Waals surface area contributed by atoms with Gasteiger partial charge in [-0.1, -0.05) is 48.0 Å². The lowest BCUT2D eigenvalue weighted by atomic mass is 9.81. The molecular formula is C15H30. The maximum Gasteiger partial charge on any atom is -0.0266 e. The molecule has 1 fully saturated rings. The van der Waals surface area contributed by atoms with E-state index in [1.54, 1.807) is 0 Å². The molecule has 0 aromatic carbocycles. The van der Waals surface area contributed by atoms with E-state index in [-0.39, 0.29) is 0 Å². The molecule has 0 nitrogen and oxygen atoms in total. The van der Waals surface area contributed by atoms with Crippen molar-refractivity contribution in [3.05, 3.63) is 0 Å². The van der Waals surface area contributed by atoms with Crippen LogP contribution in [0.4, 0.5) is 0 Å². The van der Waals surface area contributed by atoms with Crippen molar-refractivity contribution < 1.29 is 0 Å². The molecule has 0 aliphatic heterocycles. The molecule has 1 aliphatic rings. The van der Waals surface area contributed by atoms with E-state index in [2.05, 4.69) is 41.5 Å². The second kappa shape index (κ2) is 4.89. The Morgan fingerprint density at radius 3 is 2.00 bits per heavy atom. The van der Waals surface area contributed by atoms with Gasteiger partial charge in [0.25, 0.3) is 0 Å². The first kappa shape index (κ1) is 13.1. The first-order valence-electron chi connectivity index (χ1n) is 6.87. The molecule has 0 bridgehead atoms. The van der Waals surface area contributed by atoms with Crippen LogP contribution in [0.25, 0.3) is 0 Å². The monoisotopic (exact) mass is 210 g/mol. The molecule has 90 valence electrons. The van der Waals surface area contributed by atoms with Crippen molar-refractivity contribution in [2.75, 3.05) is 0 Å². The molecule has 0 amide bonds. The van der Waals surface area contributed by atoms with Crippen molar-refractivity contribution in [2.24, 2.45) is 29.1 Å². The second-order valence-electron chi connectivity index (χ2n) is 6.83. The van der Waals surface area contributed by atoms with Crippen LogP contribution in [0.2, 0.25) is 0 Å². The average Bonchev–Trinajstić information content (AvgIpc) is 2.74. The molecule has 0 heterocycles. The summed E-state index contributed by atoms with van der Waals surface area (Å²) >= 11 is 0. The van der Waals surface area contributed by atoms with Gasteiger partial charge in [0.05, 0.1) is 0 Å². The van der Waals surface area contributed by atoms with Crippen LogP contribution < -0.4 is 0 Å². The van der Waals surface area contributed by atoms with Gasteiger partial charge in [0.2, 0.25) is 0 Å². The van der Waals surface area contributed by atoms with Crippen LogP contribution in [-0.4, -0.2) is 0 Å². The van der Waals surface area contributed by atoms with Gasteiger partial charge in [-0.3, -0.25) is 0 Å². The molecule has 3 unspecified atom stereocenters. The highest BCUT2D eigenvalue weighted by molar-refractivity contribution is 5.00. The average molecular weight is 210 g/mol. The zero-order valence-electron chi connectivity index (χ0n) is 11.6. The SMILES string of the molecule is CC(C)CCC1(CC(C)C(C)C)CC1C. The molecular weight excluding hydrogens is 180 g/mol. The van der Waals surface area contributed by atoms with E-state index >= 15 is 0 Å². The standard InChI is InChI=1S/C15H30/c1-11(2)7-8-15(10-14(15)6)9-13(5)12(3)4/h11-14H,7-10H2,1-6H3. The van der Waals surface area contributed by atoms with E-state index < -0.39 is 0 Å². The first-order valence-corrected chi connectivity index (χ1v) is 6.87. The summed E-state index contributed by atoms with van der Waals surface area (Å²) in [4.78, 5) is 0. The quantitative estimate of drug-likeness (QED) is 0.570. The summed E-state index contributed by atoms with van der Waals surface area (Å²) < 4.78 is 0. The smallest absolute Gasteiger partial charge is 0.0266 e. The highest BCUT2D eigenvalue weighted by Crippen LogP contribution is 2.60. The van der Waals surface area contributed by atoms with E-state index in [0.717, 1.165) is 29.1 Å². The molecule has 0 spiro atoms. The fourth-order valence-electron chi connectivity index (χ4n) is 2.74. The molecule has 0 saturated heterocycles. The van der Waals surface area contributed by atoms with E-state index in [9.17, 15) is 0 Å². The zero-order valence-corrected chi connectivity index (χ0v) is 11.6. The van der Waals surface area contributed by atoms with Crippen LogP contribution in [0, 0.1) is 29.1 Å². The third-order valence-electron chi connectivity index (χ3n) is 4.68. The summed E-state index contributed by atoms with van der Waals surface area (Å²) in [5.41, 5.74) is 0.744. The van der Waals surface area contributed by atoms with Crippen LogP contribution in [0.5, 0.6) is 0 Å². The van der Waals surface area contributed by atoms with Crippen molar-refractivity contribution >= 4 is 0 Å². The van der Waals surface area contributed by atoms with Gasteiger partial charge in [-0.2, -0.15) is 0 Å². The summed E-state index contributed by atoms with van der Waals surface area (Å²) in [6.07, 6.45) is 5.87. The maximum absolute atomic E-state index is 2.45. The van der Waals surface area contributed by atoms with Gasteiger partial charge in [-0.15, -0.1) is 0 Å². The minimum absolute atomic E-state index is 0.744. The summed E-state index contributed by atoms with van der Waals surface area (Å²) in [6, 6.07) is 0. The lowest BCUT2D eigenvalue weighted by Crippen LogP contribution is -2.14. The fourth-order valence-corrected chi connectivity index (χ4v) is 2.74. The van der Waals surface area contributed by atoms with E-state index in [1.807, 2.05) is 0 Å². The largest absolute Gasteiger partial charge is 0.0628 e. The van der Waals surface area contributed by atoms with Crippen LogP contribution in [0.3, 0.4) is 0 Å². The minimum Gasteiger partial charge on any atom is -0.0628 e. The van der Waals surface area contributed by atoms with Crippen LogP contribution in [0.15, 0.2) is 0 Å². The third kappa shape index (κ3) is 3.50. The Morgan fingerprint density at radius 1 is 1.13 bits per heavy atom. The normalized spacial score (nSPS) is 32.4. The zero-order chi connectivity index (χ0) is 11.6. The van der Waals surface area contributed by atoms with E-state index in [0.29, 0.717) is 0 Å². The van der Waals surface area contributed by atoms with Crippen molar-refractivity contribution in [3.8, 4) is 0 Å². The van der Waals surface area contributed by atoms with Crippen molar-refractivity contribution in [1.82, 2.24) is 0 Å². The van der Waals surface area contributed by atoms with Gasteiger partial charge < -0.3 is 0 Å². The maximum atomic E-state index is 2.45. The fraction of sp³-hybridized carbons (Fsp3) is 1.00. The third-order valence-corrected chi connectivity index (χ3v) is 4.68. The number of hydrogen-bond acceptors (Lipinski definition) is 0. The molecule has 1 saturated carbocycles. The summed E-state index contributed by atoms with van der Waals surface area (Å²) in [6.45, 7) is 14.3. The Balaban J connectivity index is 2.41. The predicted octanol–water partition coefficient (Wildman–Crippen LogP) is 5.13. The van der Waals surface area contributed by atoms with Gasteiger partial charge in [0.1, 0.15) is 0 Å². The highest BCUT2D eigenvalue weighted by atomic mass is 14.5. The van der Waals surface area contributed by atoms with Crippen molar-refractivity contribution in [2.45, 2.75) is 67.2 Å². The molecule has 1 rings (SSSR count). The first-order chi connectivity index (χ1) is 6.87. The van der Waals surface area contributed by atoms with Gasteiger partial charge in [-0.25, -0.2) is 0 Å². The molecule has 0 N–H and O–H groups in total. The molecule has 0 heteroatoms. The predicted molar refractivity (Wildman–Crippen MR) is 68.9 cm³/mol. The minimum atomic E-state index is 0.744. The molecule has 0 aromatic rings. The molecule has 0 aromatic heterocycles. The van der Waals surface area contributed by atoms with Gasteiger partial charge >= 0.3 is 0 Å². The molecule has 1 aliphatic carbocycles.